The minimum Gasteiger partial charge on any atom is -1.00 e. The van der Waals surface area contributed by atoms with Crippen molar-refractivity contribution in [3.05, 3.63) is 46.0 Å². The molecule has 0 amide bonds. The topological polar surface area (TPSA) is 80.4 Å². The Labute approximate surface area is 151 Å². The van der Waals surface area contributed by atoms with Gasteiger partial charge >= 0.3 is 18.6 Å². The number of nitro benzene ring substituents is 1. The van der Waals surface area contributed by atoms with E-state index in [9.17, 15) is 20.0 Å². The van der Waals surface area contributed by atoms with Crippen LogP contribution in [0.5, 0.6) is 5.75 Å². The van der Waals surface area contributed by atoms with Crippen molar-refractivity contribution in [2.75, 3.05) is 0 Å². The molecule has 0 bridgehead atoms. The normalized spacial score (nSPS) is 8.43. The smallest absolute Gasteiger partial charge is 1.00 e. The Kier molecular flexibility index (Phi) is 11.8. The van der Waals surface area contributed by atoms with E-state index in [2.05, 4.69) is 0 Å². The van der Waals surface area contributed by atoms with Gasteiger partial charge in [-0.1, -0.05) is 18.2 Å². The monoisotopic (exact) mass is 387 g/mol. The summed E-state index contributed by atoms with van der Waals surface area (Å²) in [6.45, 7) is 1.26. The molecule has 0 saturated heterocycles. The molecule has 0 heterocycles. The summed E-state index contributed by atoms with van der Waals surface area (Å²) in [7, 11) is 0. The van der Waals surface area contributed by atoms with Crippen molar-refractivity contribution in [3.63, 3.8) is 0 Å². The number of nitro groups is 1. The standard InChI is InChI=1S/C12H9NO4.3ClH.V/c1-7(14)10-6-11(13(16)17)8-4-2-3-5-9(8)12(10)15;;;;/h2-6,15H,1H3;3*1H;/q;;;;+3/p-3. The molecule has 9 heteroatoms. The van der Waals surface area contributed by atoms with Crippen LogP contribution in [-0.2, 0) is 18.6 Å². The molecule has 2 aromatic carbocycles. The van der Waals surface area contributed by atoms with Crippen LogP contribution in [-0.4, -0.2) is 15.8 Å². The number of hydrogen-bond acceptors (Lipinski definition) is 4. The summed E-state index contributed by atoms with van der Waals surface area (Å²) in [6.07, 6.45) is 0. The molecule has 2 aromatic rings. The van der Waals surface area contributed by atoms with Gasteiger partial charge in [-0.05, 0) is 13.0 Å². The van der Waals surface area contributed by atoms with Crippen LogP contribution in [0.2, 0.25) is 0 Å². The Balaban J connectivity index is -0.000000810. The van der Waals surface area contributed by atoms with Gasteiger partial charge in [-0.2, -0.15) is 0 Å². The number of Topliss-reactive ketones (excluding diaryl/α,β-unsaturated/α-hetero) is 1. The Morgan fingerprint density at radius 2 is 1.62 bits per heavy atom. The molecule has 2 rings (SSSR count). The van der Waals surface area contributed by atoms with Gasteiger partial charge < -0.3 is 42.3 Å². The molecule has 0 saturated carbocycles. The fraction of sp³-hybridized carbons (Fsp3) is 0.0833. The van der Waals surface area contributed by atoms with E-state index in [1.165, 1.54) is 13.0 Å². The Bertz CT molecular complexity index is 652. The number of carbonyl (C=O) groups excluding carboxylic acids is 1. The zero-order chi connectivity index (χ0) is 12.6. The zero-order valence-corrected chi connectivity index (χ0v) is 14.3. The third kappa shape index (κ3) is 4.76. The summed E-state index contributed by atoms with van der Waals surface area (Å²) in [6, 6.07) is 7.49. The van der Waals surface area contributed by atoms with Crippen LogP contribution < -0.4 is 37.2 Å². The molecule has 0 fully saturated rings. The number of hydrogen-bond donors (Lipinski definition) is 1. The third-order valence-electron chi connectivity index (χ3n) is 2.57. The average Bonchev–Trinajstić information content (AvgIpc) is 2.29. The van der Waals surface area contributed by atoms with Gasteiger partial charge in [0, 0.05) is 11.5 Å². The molecule has 112 valence electrons. The van der Waals surface area contributed by atoms with Crippen LogP contribution in [0.4, 0.5) is 5.69 Å². The minimum absolute atomic E-state index is 0. The van der Waals surface area contributed by atoms with Gasteiger partial charge in [0.2, 0.25) is 0 Å². The number of nitrogens with zero attached hydrogens (tertiary/aromatic N) is 1. The van der Waals surface area contributed by atoms with Crippen molar-refractivity contribution in [2.45, 2.75) is 6.92 Å². The quantitative estimate of drug-likeness (QED) is 0.315. The number of phenols is 1. The van der Waals surface area contributed by atoms with Gasteiger partial charge in [0.15, 0.2) is 5.78 Å². The summed E-state index contributed by atoms with van der Waals surface area (Å²) in [4.78, 5) is 21.7. The fourth-order valence-corrected chi connectivity index (χ4v) is 1.76. The maximum Gasteiger partial charge on any atom is 3.00 e. The third-order valence-corrected chi connectivity index (χ3v) is 2.57. The van der Waals surface area contributed by atoms with Crippen molar-refractivity contribution in [1.82, 2.24) is 0 Å². The number of halogens is 3. The van der Waals surface area contributed by atoms with E-state index in [0.717, 1.165) is 6.07 Å². The van der Waals surface area contributed by atoms with Gasteiger partial charge in [0.1, 0.15) is 5.75 Å². The number of rotatable bonds is 2. The van der Waals surface area contributed by atoms with E-state index in [1.54, 1.807) is 18.2 Å². The first kappa shape index (κ1) is 25.0. The van der Waals surface area contributed by atoms with Crippen LogP contribution >= 0.6 is 0 Å². The van der Waals surface area contributed by atoms with Crippen LogP contribution in [0.3, 0.4) is 0 Å². The van der Waals surface area contributed by atoms with Crippen molar-refractivity contribution in [2.24, 2.45) is 0 Å². The second-order valence-electron chi connectivity index (χ2n) is 3.65. The van der Waals surface area contributed by atoms with Crippen LogP contribution in [0.15, 0.2) is 30.3 Å². The second kappa shape index (κ2) is 9.87. The first-order valence-electron chi connectivity index (χ1n) is 4.92. The minimum atomic E-state index is -0.561. The van der Waals surface area contributed by atoms with E-state index in [4.69, 9.17) is 0 Å². The van der Waals surface area contributed by atoms with Gasteiger partial charge in [0.25, 0.3) is 5.69 Å². The number of fused-ring (bicyclic) bond motifs is 1. The molecule has 0 aliphatic rings. The first-order chi connectivity index (χ1) is 8.02. The van der Waals surface area contributed by atoms with Crippen molar-refractivity contribution >= 4 is 22.2 Å². The molecule has 0 unspecified atom stereocenters. The van der Waals surface area contributed by atoms with Gasteiger partial charge in [0.05, 0.1) is 15.9 Å². The predicted molar refractivity (Wildman–Crippen MR) is 62.3 cm³/mol. The maximum atomic E-state index is 11.3. The predicted octanol–water partition coefficient (Wildman–Crippen LogP) is -6.33. The van der Waals surface area contributed by atoms with E-state index in [0.29, 0.717) is 10.8 Å². The summed E-state index contributed by atoms with van der Waals surface area (Å²) in [5.74, 6) is -0.616. The number of non-ortho nitro benzene ring substituents is 1. The van der Waals surface area contributed by atoms with Crippen LogP contribution in [0.1, 0.15) is 17.3 Å². The summed E-state index contributed by atoms with van der Waals surface area (Å²) >= 11 is 0. The molecule has 0 atom stereocenters. The molecule has 0 aromatic heterocycles. The molecule has 0 radical (unpaired) electrons. The largest absolute Gasteiger partial charge is 3.00 e. The van der Waals surface area contributed by atoms with E-state index < -0.39 is 10.7 Å². The number of ketones is 1. The van der Waals surface area contributed by atoms with E-state index in [-0.39, 0.29) is 72.8 Å². The molecule has 5 nitrogen and oxygen atoms in total. The molecular weight excluding hydrogens is 379 g/mol. The van der Waals surface area contributed by atoms with Crippen LogP contribution in [0.25, 0.3) is 10.8 Å². The molecule has 0 aliphatic heterocycles. The van der Waals surface area contributed by atoms with E-state index >= 15 is 0 Å². The van der Waals surface area contributed by atoms with Crippen LogP contribution in [0, 0.1) is 10.1 Å². The average molecular weight is 389 g/mol. The number of aromatic hydroxyl groups is 1. The fourth-order valence-electron chi connectivity index (χ4n) is 1.76. The molecule has 21 heavy (non-hydrogen) atoms. The zero-order valence-electron chi connectivity index (χ0n) is 10.6. The number of benzene rings is 2. The van der Waals surface area contributed by atoms with E-state index in [1.807, 2.05) is 0 Å². The number of carbonyl (C=O) groups is 1. The Morgan fingerprint density at radius 3 is 2.05 bits per heavy atom. The Hall–Kier alpha value is -0.976. The van der Waals surface area contributed by atoms with Gasteiger partial charge in [-0.3, -0.25) is 14.9 Å². The first-order valence-corrected chi connectivity index (χ1v) is 4.92. The Morgan fingerprint density at radius 1 is 1.14 bits per heavy atom. The summed E-state index contributed by atoms with van der Waals surface area (Å²) in [5, 5.41) is 21.4. The molecule has 0 aliphatic carbocycles. The summed E-state index contributed by atoms with van der Waals surface area (Å²) in [5.41, 5.74) is -0.209. The molecule has 0 spiro atoms. The second-order valence-corrected chi connectivity index (χ2v) is 3.65. The van der Waals surface area contributed by atoms with Crippen molar-refractivity contribution < 1.29 is 70.6 Å². The molecule has 1 N–H and O–H groups in total. The SMILES string of the molecule is CC(=O)c1cc([N+](=O)[O-])c2ccccc2c1O.[Cl-].[Cl-].[Cl-].[V+3]. The van der Waals surface area contributed by atoms with Gasteiger partial charge in [-0.25, -0.2) is 0 Å². The van der Waals surface area contributed by atoms with Gasteiger partial charge in [-0.15, -0.1) is 0 Å². The molecular formula is C12H9Cl3NO4V. The van der Waals surface area contributed by atoms with Crippen molar-refractivity contribution in [3.8, 4) is 5.75 Å². The summed E-state index contributed by atoms with van der Waals surface area (Å²) < 4.78 is 0. The van der Waals surface area contributed by atoms with Crippen molar-refractivity contribution in [1.29, 1.82) is 0 Å². The number of phenolic OH excluding ortho intramolecular Hbond substituents is 1. The maximum absolute atomic E-state index is 11.3.